The summed E-state index contributed by atoms with van der Waals surface area (Å²) in [5, 5.41) is 16.6. The van der Waals surface area contributed by atoms with Crippen molar-refractivity contribution in [3.8, 4) is 5.75 Å². The molecule has 8 nitrogen and oxygen atoms in total. The second-order valence-corrected chi connectivity index (χ2v) is 6.96. The van der Waals surface area contributed by atoms with Gasteiger partial charge in [-0.25, -0.2) is 0 Å². The summed E-state index contributed by atoms with van der Waals surface area (Å²) in [6.45, 7) is -0.0742. The predicted octanol–water partition coefficient (Wildman–Crippen LogP) is 3.42. The number of anilines is 1. The third kappa shape index (κ3) is 5.78. The zero-order valence-electron chi connectivity index (χ0n) is 15.9. The molecule has 0 aromatic heterocycles. The van der Waals surface area contributed by atoms with Crippen LogP contribution < -0.4 is 15.4 Å². The van der Waals surface area contributed by atoms with Gasteiger partial charge in [-0.2, -0.15) is 0 Å². The molecule has 2 aromatic carbocycles. The SMILES string of the molecule is O=C(COc1ccccc1[N+](=O)[O-])NCc1cccc(NC(=O)C2CCCC2)c1. The lowest BCUT2D eigenvalue weighted by molar-refractivity contribution is -0.385. The summed E-state index contributed by atoms with van der Waals surface area (Å²) in [5.74, 6) is -0.230. The molecule has 1 fully saturated rings. The number of rotatable bonds is 8. The van der Waals surface area contributed by atoms with Gasteiger partial charge in [0.05, 0.1) is 4.92 Å². The Morgan fingerprint density at radius 3 is 2.62 bits per heavy atom. The van der Waals surface area contributed by atoms with Crippen molar-refractivity contribution < 1.29 is 19.2 Å². The van der Waals surface area contributed by atoms with Crippen LogP contribution in [0.1, 0.15) is 31.2 Å². The number of benzene rings is 2. The molecule has 1 aliphatic carbocycles. The Balaban J connectivity index is 1.49. The minimum atomic E-state index is -0.557. The number of carbonyl (C=O) groups is 2. The van der Waals surface area contributed by atoms with Crippen molar-refractivity contribution in [3.63, 3.8) is 0 Å². The van der Waals surface area contributed by atoms with Crippen LogP contribution in [0.3, 0.4) is 0 Å². The molecule has 0 unspecified atom stereocenters. The Bertz CT molecular complexity index is 893. The van der Waals surface area contributed by atoms with Crippen LogP contribution in [0.5, 0.6) is 5.75 Å². The summed E-state index contributed by atoms with van der Waals surface area (Å²) >= 11 is 0. The molecule has 0 radical (unpaired) electrons. The maximum absolute atomic E-state index is 12.2. The van der Waals surface area contributed by atoms with Crippen molar-refractivity contribution in [1.29, 1.82) is 0 Å². The summed E-state index contributed by atoms with van der Waals surface area (Å²) in [5.41, 5.74) is 1.34. The highest BCUT2D eigenvalue weighted by Gasteiger charge is 2.22. The third-order valence-corrected chi connectivity index (χ3v) is 4.83. The summed E-state index contributed by atoms with van der Waals surface area (Å²) < 4.78 is 5.27. The van der Waals surface area contributed by atoms with E-state index in [1.807, 2.05) is 24.3 Å². The summed E-state index contributed by atoms with van der Waals surface area (Å²) in [6.07, 6.45) is 4.05. The van der Waals surface area contributed by atoms with Gasteiger partial charge in [0.1, 0.15) is 0 Å². The summed E-state index contributed by atoms with van der Waals surface area (Å²) in [7, 11) is 0. The Morgan fingerprint density at radius 2 is 1.86 bits per heavy atom. The van der Waals surface area contributed by atoms with E-state index in [-0.39, 0.29) is 36.4 Å². The predicted molar refractivity (Wildman–Crippen MR) is 107 cm³/mol. The van der Waals surface area contributed by atoms with Gasteiger partial charge in [0.25, 0.3) is 5.91 Å². The fourth-order valence-electron chi connectivity index (χ4n) is 3.32. The number of ether oxygens (including phenoxy) is 1. The molecule has 8 heteroatoms. The third-order valence-electron chi connectivity index (χ3n) is 4.83. The van der Waals surface area contributed by atoms with Crippen LogP contribution in [0.2, 0.25) is 0 Å². The second-order valence-electron chi connectivity index (χ2n) is 6.96. The van der Waals surface area contributed by atoms with Crippen LogP contribution in [-0.4, -0.2) is 23.3 Å². The zero-order chi connectivity index (χ0) is 20.6. The van der Waals surface area contributed by atoms with Crippen molar-refractivity contribution in [3.05, 3.63) is 64.2 Å². The minimum absolute atomic E-state index is 0.0431. The molecule has 3 rings (SSSR count). The number of nitro benzene ring substituents is 1. The molecule has 152 valence electrons. The molecule has 2 amide bonds. The molecular weight excluding hydrogens is 374 g/mol. The quantitative estimate of drug-likeness (QED) is 0.524. The van der Waals surface area contributed by atoms with Crippen LogP contribution in [-0.2, 0) is 16.1 Å². The number of hydrogen-bond acceptors (Lipinski definition) is 5. The largest absolute Gasteiger partial charge is 0.477 e. The average Bonchev–Trinajstić information content (AvgIpc) is 3.26. The Kier molecular flexibility index (Phi) is 6.78. The second kappa shape index (κ2) is 9.68. The molecule has 0 aliphatic heterocycles. The minimum Gasteiger partial charge on any atom is -0.477 e. The lowest BCUT2D eigenvalue weighted by Crippen LogP contribution is -2.28. The highest BCUT2D eigenvalue weighted by molar-refractivity contribution is 5.92. The van der Waals surface area contributed by atoms with Crippen LogP contribution in [0.4, 0.5) is 11.4 Å². The van der Waals surface area contributed by atoms with E-state index in [0.717, 1.165) is 31.2 Å². The molecule has 2 N–H and O–H groups in total. The number of nitrogens with zero attached hydrogens (tertiary/aromatic N) is 1. The maximum atomic E-state index is 12.2. The van der Waals surface area contributed by atoms with Gasteiger partial charge in [0, 0.05) is 24.2 Å². The normalized spacial score (nSPS) is 13.7. The number of nitrogens with one attached hydrogen (secondary N) is 2. The van der Waals surface area contributed by atoms with Gasteiger partial charge in [-0.3, -0.25) is 19.7 Å². The number of para-hydroxylation sites is 2. The van der Waals surface area contributed by atoms with Crippen LogP contribution in [0.25, 0.3) is 0 Å². The lowest BCUT2D eigenvalue weighted by Gasteiger charge is -2.12. The van der Waals surface area contributed by atoms with E-state index in [1.165, 1.54) is 18.2 Å². The Hall–Kier alpha value is -3.42. The molecule has 0 atom stereocenters. The first-order chi connectivity index (χ1) is 14.0. The highest BCUT2D eigenvalue weighted by atomic mass is 16.6. The van der Waals surface area contributed by atoms with Crippen molar-refractivity contribution in [1.82, 2.24) is 5.32 Å². The van der Waals surface area contributed by atoms with Crippen molar-refractivity contribution in [2.24, 2.45) is 5.92 Å². The number of carbonyl (C=O) groups excluding carboxylic acids is 2. The fraction of sp³-hybridized carbons (Fsp3) is 0.333. The van der Waals surface area contributed by atoms with Crippen molar-refractivity contribution >= 4 is 23.2 Å². The lowest BCUT2D eigenvalue weighted by atomic mass is 10.1. The molecule has 0 spiro atoms. The monoisotopic (exact) mass is 397 g/mol. The topological polar surface area (TPSA) is 111 Å². The van der Waals surface area contributed by atoms with Crippen molar-refractivity contribution in [2.75, 3.05) is 11.9 Å². The number of amides is 2. The van der Waals surface area contributed by atoms with Crippen LogP contribution in [0, 0.1) is 16.0 Å². The van der Waals surface area contributed by atoms with Crippen LogP contribution in [0.15, 0.2) is 48.5 Å². The van der Waals surface area contributed by atoms with Gasteiger partial charge in [0.2, 0.25) is 5.91 Å². The number of nitro groups is 1. The van der Waals surface area contributed by atoms with Gasteiger partial charge in [-0.15, -0.1) is 0 Å². The summed E-state index contributed by atoms with van der Waals surface area (Å²) in [4.78, 5) is 34.7. The molecule has 0 saturated heterocycles. The van der Waals surface area contributed by atoms with Gasteiger partial charge in [-0.05, 0) is 36.6 Å². The smallest absolute Gasteiger partial charge is 0.310 e. The number of hydrogen-bond donors (Lipinski definition) is 2. The molecular formula is C21H23N3O5. The molecule has 1 aliphatic rings. The van der Waals surface area contributed by atoms with E-state index in [2.05, 4.69) is 10.6 Å². The first kappa shape index (κ1) is 20.3. The molecule has 2 aromatic rings. The molecule has 1 saturated carbocycles. The molecule has 0 heterocycles. The Morgan fingerprint density at radius 1 is 1.10 bits per heavy atom. The van der Waals surface area contributed by atoms with Gasteiger partial charge in [-0.1, -0.05) is 37.1 Å². The summed E-state index contributed by atoms with van der Waals surface area (Å²) in [6, 6.07) is 13.2. The van der Waals surface area contributed by atoms with E-state index >= 15 is 0 Å². The van der Waals surface area contributed by atoms with Gasteiger partial charge in [0.15, 0.2) is 12.4 Å². The van der Waals surface area contributed by atoms with Gasteiger partial charge < -0.3 is 15.4 Å². The fourth-order valence-corrected chi connectivity index (χ4v) is 3.32. The van der Waals surface area contributed by atoms with Crippen LogP contribution >= 0.6 is 0 Å². The average molecular weight is 397 g/mol. The van der Waals surface area contributed by atoms with E-state index in [9.17, 15) is 19.7 Å². The zero-order valence-corrected chi connectivity index (χ0v) is 15.9. The highest BCUT2D eigenvalue weighted by Crippen LogP contribution is 2.26. The van der Waals surface area contributed by atoms with E-state index in [4.69, 9.17) is 4.74 Å². The van der Waals surface area contributed by atoms with E-state index in [1.54, 1.807) is 6.07 Å². The van der Waals surface area contributed by atoms with Gasteiger partial charge >= 0.3 is 5.69 Å². The molecule has 0 bridgehead atoms. The first-order valence-electron chi connectivity index (χ1n) is 9.55. The van der Waals surface area contributed by atoms with E-state index in [0.29, 0.717) is 5.69 Å². The first-order valence-corrected chi connectivity index (χ1v) is 9.55. The van der Waals surface area contributed by atoms with Crippen molar-refractivity contribution in [2.45, 2.75) is 32.2 Å². The Labute approximate surface area is 168 Å². The standard InChI is InChI=1S/C21H23N3O5/c25-20(14-29-19-11-4-3-10-18(19)24(27)28)22-13-15-6-5-9-17(12-15)23-21(26)16-7-1-2-8-16/h3-6,9-12,16H,1-2,7-8,13-14H2,(H,22,25)(H,23,26). The maximum Gasteiger partial charge on any atom is 0.310 e. The molecule has 29 heavy (non-hydrogen) atoms. The van der Waals surface area contributed by atoms with E-state index < -0.39 is 10.8 Å².